The van der Waals surface area contributed by atoms with Gasteiger partial charge in [-0.2, -0.15) is 0 Å². The predicted molar refractivity (Wildman–Crippen MR) is 307 cm³/mol. The monoisotopic (exact) mass is 1000 g/mol. The van der Waals surface area contributed by atoms with Crippen LogP contribution in [0.15, 0.2) is 0 Å². The highest BCUT2D eigenvalue weighted by Crippen LogP contribution is 2.19. The van der Waals surface area contributed by atoms with Crippen molar-refractivity contribution in [3.63, 3.8) is 0 Å². The van der Waals surface area contributed by atoms with Gasteiger partial charge in [-0.1, -0.05) is 330 Å². The molecule has 6 nitrogen and oxygen atoms in total. The van der Waals surface area contributed by atoms with Gasteiger partial charge in [-0.25, -0.2) is 0 Å². The third-order valence-electron chi connectivity index (χ3n) is 15.0. The maximum atomic E-state index is 12.9. The topological polar surface area (TPSA) is 78.9 Å². The van der Waals surface area contributed by atoms with E-state index < -0.39 is 6.10 Å². The number of esters is 3. The Bertz CT molecular complexity index is 1090. The molecular weight excluding hydrogens is 877 g/mol. The zero-order chi connectivity index (χ0) is 51.8. The molecule has 0 rings (SSSR count). The molecule has 0 aromatic rings. The minimum absolute atomic E-state index is 0.0617. The molecule has 6 heteroatoms. The quantitative estimate of drug-likeness (QED) is 0.0343. The lowest BCUT2D eigenvalue weighted by Crippen LogP contribution is -2.30. The molecule has 0 aliphatic carbocycles. The zero-order valence-corrected chi connectivity index (χ0v) is 48.9. The van der Waals surface area contributed by atoms with Crippen molar-refractivity contribution >= 4 is 17.9 Å². The molecule has 0 aromatic heterocycles. The SMILES string of the molecule is CCCCCCCCCCCCCCCC(=O)OC[C@H](COC(=O)CCCCCCCCCCCCCCCCCCCCC(C)C)OC(=O)CCCCCCCCCCCCCCCCCCC(C)C. The Morgan fingerprint density at radius 3 is 0.690 bits per heavy atom. The van der Waals surface area contributed by atoms with Crippen molar-refractivity contribution in [1.29, 1.82) is 0 Å². The first-order valence-electron chi connectivity index (χ1n) is 32.2. The lowest BCUT2D eigenvalue weighted by atomic mass is 10.0. The normalized spacial score (nSPS) is 12.0. The van der Waals surface area contributed by atoms with Crippen LogP contribution in [0.1, 0.15) is 369 Å². The molecule has 0 aliphatic heterocycles. The summed E-state index contributed by atoms with van der Waals surface area (Å²) in [5, 5.41) is 0. The van der Waals surface area contributed by atoms with Crippen LogP contribution in [-0.2, 0) is 28.6 Å². The van der Waals surface area contributed by atoms with E-state index in [-0.39, 0.29) is 31.1 Å². The molecule has 422 valence electrons. The zero-order valence-electron chi connectivity index (χ0n) is 48.9. The summed E-state index contributed by atoms with van der Waals surface area (Å²) in [6, 6.07) is 0. The van der Waals surface area contributed by atoms with Crippen LogP contribution in [0.2, 0.25) is 0 Å². The molecule has 0 saturated heterocycles. The first kappa shape index (κ1) is 69.4. The van der Waals surface area contributed by atoms with E-state index >= 15 is 0 Å². The Hall–Kier alpha value is -1.59. The van der Waals surface area contributed by atoms with Gasteiger partial charge in [0.2, 0.25) is 0 Å². The second kappa shape index (κ2) is 57.7. The van der Waals surface area contributed by atoms with Crippen molar-refractivity contribution in [3.8, 4) is 0 Å². The standard InChI is InChI=1S/C65H126O6/c1-6-7-8-9-10-11-12-23-30-35-40-45-50-55-63(66)69-58-62(71-65(68)57-52-47-42-37-32-27-22-18-17-20-25-29-34-39-44-49-54-61(4)5)59-70-64(67)56-51-46-41-36-31-26-21-16-14-13-15-19-24-28-33-38-43-48-53-60(2)3/h60-62H,6-59H2,1-5H3/t62-/m1/s1. The van der Waals surface area contributed by atoms with E-state index in [4.69, 9.17) is 14.2 Å². The van der Waals surface area contributed by atoms with E-state index in [0.717, 1.165) is 69.6 Å². The van der Waals surface area contributed by atoms with Crippen molar-refractivity contribution in [3.05, 3.63) is 0 Å². The number of unbranched alkanes of at least 4 members (excludes halogenated alkanes) is 44. The smallest absolute Gasteiger partial charge is 0.306 e. The van der Waals surface area contributed by atoms with Gasteiger partial charge in [0.05, 0.1) is 0 Å². The van der Waals surface area contributed by atoms with E-state index in [0.29, 0.717) is 19.3 Å². The van der Waals surface area contributed by atoms with Gasteiger partial charge in [-0.05, 0) is 31.1 Å². The molecule has 0 N–H and O–H groups in total. The van der Waals surface area contributed by atoms with Crippen molar-refractivity contribution in [2.45, 2.75) is 375 Å². The first-order chi connectivity index (χ1) is 34.7. The summed E-state index contributed by atoms with van der Waals surface area (Å²) in [7, 11) is 0. The number of rotatable bonds is 59. The third-order valence-corrected chi connectivity index (χ3v) is 15.0. The summed E-state index contributed by atoms with van der Waals surface area (Å²) in [4.78, 5) is 38.3. The van der Waals surface area contributed by atoms with E-state index in [1.165, 1.54) is 257 Å². The fourth-order valence-electron chi connectivity index (χ4n) is 10.1. The van der Waals surface area contributed by atoms with Crippen LogP contribution in [0.5, 0.6) is 0 Å². The van der Waals surface area contributed by atoms with E-state index in [2.05, 4.69) is 34.6 Å². The van der Waals surface area contributed by atoms with Gasteiger partial charge < -0.3 is 14.2 Å². The van der Waals surface area contributed by atoms with Gasteiger partial charge in [0.15, 0.2) is 6.10 Å². The van der Waals surface area contributed by atoms with Crippen LogP contribution < -0.4 is 0 Å². The Kier molecular flexibility index (Phi) is 56.4. The Labute approximate surface area is 444 Å². The van der Waals surface area contributed by atoms with Gasteiger partial charge in [0.25, 0.3) is 0 Å². The van der Waals surface area contributed by atoms with E-state index in [1.54, 1.807) is 0 Å². The maximum absolute atomic E-state index is 12.9. The average Bonchev–Trinajstić information content (AvgIpc) is 3.35. The van der Waals surface area contributed by atoms with Gasteiger partial charge in [-0.15, -0.1) is 0 Å². The predicted octanol–water partition coefficient (Wildman–Crippen LogP) is 21.6. The largest absolute Gasteiger partial charge is 0.462 e. The Balaban J connectivity index is 4.24. The van der Waals surface area contributed by atoms with Crippen LogP contribution in [0, 0.1) is 11.8 Å². The highest BCUT2D eigenvalue weighted by Gasteiger charge is 2.19. The molecule has 0 fully saturated rings. The number of hydrogen-bond acceptors (Lipinski definition) is 6. The molecule has 71 heavy (non-hydrogen) atoms. The van der Waals surface area contributed by atoms with Gasteiger partial charge in [0, 0.05) is 19.3 Å². The van der Waals surface area contributed by atoms with Crippen molar-refractivity contribution in [2.75, 3.05) is 13.2 Å². The Morgan fingerprint density at radius 2 is 0.465 bits per heavy atom. The molecule has 0 spiro atoms. The molecular formula is C65H126O6. The van der Waals surface area contributed by atoms with E-state index in [9.17, 15) is 14.4 Å². The summed E-state index contributed by atoms with van der Waals surface area (Å²) < 4.78 is 17.0. The second-order valence-electron chi connectivity index (χ2n) is 23.4. The van der Waals surface area contributed by atoms with E-state index in [1.807, 2.05) is 0 Å². The molecule has 0 aliphatic rings. The number of carbonyl (C=O) groups is 3. The van der Waals surface area contributed by atoms with Crippen LogP contribution in [0.4, 0.5) is 0 Å². The van der Waals surface area contributed by atoms with Crippen molar-refractivity contribution in [1.82, 2.24) is 0 Å². The number of carbonyl (C=O) groups excluding carboxylic acids is 3. The number of hydrogen-bond donors (Lipinski definition) is 0. The molecule has 1 atom stereocenters. The molecule has 0 bridgehead atoms. The lowest BCUT2D eigenvalue weighted by molar-refractivity contribution is -0.167. The first-order valence-corrected chi connectivity index (χ1v) is 32.2. The molecule has 0 aromatic carbocycles. The Morgan fingerprint density at radius 1 is 0.268 bits per heavy atom. The third kappa shape index (κ3) is 59.2. The van der Waals surface area contributed by atoms with Crippen LogP contribution in [0.25, 0.3) is 0 Å². The summed E-state index contributed by atoms with van der Waals surface area (Å²) in [6.45, 7) is 11.5. The average molecular weight is 1000 g/mol. The summed E-state index contributed by atoms with van der Waals surface area (Å²) in [5.41, 5.74) is 0. The van der Waals surface area contributed by atoms with Gasteiger partial charge in [-0.3, -0.25) is 14.4 Å². The van der Waals surface area contributed by atoms with Crippen LogP contribution in [0.3, 0.4) is 0 Å². The molecule has 0 amide bonds. The highest BCUT2D eigenvalue weighted by molar-refractivity contribution is 5.71. The van der Waals surface area contributed by atoms with Crippen LogP contribution >= 0.6 is 0 Å². The van der Waals surface area contributed by atoms with Gasteiger partial charge >= 0.3 is 17.9 Å². The summed E-state index contributed by atoms with van der Waals surface area (Å²) >= 11 is 0. The summed E-state index contributed by atoms with van der Waals surface area (Å²) in [6.07, 6.45) is 63.9. The second-order valence-corrected chi connectivity index (χ2v) is 23.4. The minimum Gasteiger partial charge on any atom is -0.462 e. The molecule has 0 saturated carbocycles. The number of ether oxygens (including phenoxy) is 3. The maximum Gasteiger partial charge on any atom is 0.306 e. The molecule has 0 unspecified atom stereocenters. The summed E-state index contributed by atoms with van der Waals surface area (Å²) in [5.74, 6) is 0.881. The highest BCUT2D eigenvalue weighted by atomic mass is 16.6. The van der Waals surface area contributed by atoms with Crippen molar-refractivity contribution in [2.24, 2.45) is 11.8 Å². The molecule has 0 radical (unpaired) electrons. The molecule has 0 heterocycles. The van der Waals surface area contributed by atoms with Crippen LogP contribution in [-0.4, -0.2) is 37.2 Å². The fraction of sp³-hybridized carbons (Fsp3) is 0.954. The lowest BCUT2D eigenvalue weighted by Gasteiger charge is -2.18. The van der Waals surface area contributed by atoms with Gasteiger partial charge in [0.1, 0.15) is 13.2 Å². The minimum atomic E-state index is -0.763. The fourth-order valence-corrected chi connectivity index (χ4v) is 10.1. The van der Waals surface area contributed by atoms with Crippen molar-refractivity contribution < 1.29 is 28.6 Å².